The Morgan fingerprint density at radius 3 is 2.59 bits per heavy atom. The molecule has 1 saturated carbocycles. The number of hydrogen-bond donors (Lipinski definition) is 2. The molecule has 5 heteroatoms. The highest BCUT2D eigenvalue weighted by Gasteiger charge is 2.43. The highest BCUT2D eigenvalue weighted by Crippen LogP contribution is 2.41. The SMILES string of the molecule is CNC(CO)(CSc1ncc(C)cn1)C1CC1. The zero-order valence-corrected chi connectivity index (χ0v) is 11.1. The van der Waals surface area contributed by atoms with Crippen LogP contribution in [0.25, 0.3) is 0 Å². The van der Waals surface area contributed by atoms with Gasteiger partial charge in [-0.2, -0.15) is 0 Å². The molecule has 0 aliphatic heterocycles. The molecule has 0 amide bonds. The average Bonchev–Trinajstić information content (AvgIpc) is 3.18. The summed E-state index contributed by atoms with van der Waals surface area (Å²) in [6.07, 6.45) is 6.06. The predicted molar refractivity (Wildman–Crippen MR) is 69.1 cm³/mol. The van der Waals surface area contributed by atoms with Crippen LogP contribution in [0.5, 0.6) is 0 Å². The minimum atomic E-state index is -0.168. The van der Waals surface area contributed by atoms with Gasteiger partial charge < -0.3 is 10.4 Å². The van der Waals surface area contributed by atoms with E-state index < -0.39 is 0 Å². The lowest BCUT2D eigenvalue weighted by Crippen LogP contribution is -2.51. The van der Waals surface area contributed by atoms with Crippen molar-refractivity contribution in [1.29, 1.82) is 0 Å². The third-order valence-electron chi connectivity index (χ3n) is 3.35. The molecule has 0 saturated heterocycles. The van der Waals surface area contributed by atoms with Gasteiger partial charge in [0.2, 0.25) is 0 Å². The van der Waals surface area contributed by atoms with Crippen molar-refractivity contribution in [3.05, 3.63) is 18.0 Å². The van der Waals surface area contributed by atoms with Crippen LogP contribution >= 0.6 is 11.8 Å². The molecule has 1 heterocycles. The molecule has 1 aromatic heterocycles. The predicted octanol–water partition coefficient (Wildman–Crippen LogP) is 1.24. The second-order valence-corrected chi connectivity index (χ2v) is 5.61. The molecule has 94 valence electrons. The topological polar surface area (TPSA) is 58.0 Å². The molecule has 0 bridgehead atoms. The summed E-state index contributed by atoms with van der Waals surface area (Å²) < 4.78 is 0. The molecule has 4 nitrogen and oxygen atoms in total. The summed E-state index contributed by atoms with van der Waals surface area (Å²) in [6.45, 7) is 2.15. The van der Waals surface area contributed by atoms with Crippen LogP contribution in [0, 0.1) is 12.8 Å². The molecule has 1 atom stereocenters. The monoisotopic (exact) mass is 253 g/mol. The Labute approximate surface area is 106 Å². The van der Waals surface area contributed by atoms with Crippen molar-refractivity contribution in [3.63, 3.8) is 0 Å². The zero-order chi connectivity index (χ0) is 12.3. The van der Waals surface area contributed by atoms with E-state index in [1.807, 2.05) is 26.4 Å². The maximum Gasteiger partial charge on any atom is 0.187 e. The minimum Gasteiger partial charge on any atom is -0.394 e. The maximum atomic E-state index is 9.59. The molecule has 1 aliphatic rings. The van der Waals surface area contributed by atoms with E-state index in [0.29, 0.717) is 5.92 Å². The lowest BCUT2D eigenvalue weighted by molar-refractivity contribution is 0.167. The van der Waals surface area contributed by atoms with Crippen molar-refractivity contribution in [2.24, 2.45) is 5.92 Å². The first kappa shape index (κ1) is 12.8. The van der Waals surface area contributed by atoms with E-state index in [0.717, 1.165) is 16.5 Å². The fraction of sp³-hybridized carbons (Fsp3) is 0.667. The number of rotatable bonds is 6. The lowest BCUT2D eigenvalue weighted by atomic mass is 9.97. The molecule has 1 fully saturated rings. The molecule has 1 unspecified atom stereocenters. The summed E-state index contributed by atoms with van der Waals surface area (Å²) in [5.74, 6) is 1.41. The molecule has 2 rings (SSSR count). The largest absolute Gasteiger partial charge is 0.394 e. The van der Waals surface area contributed by atoms with Gasteiger partial charge in [-0.1, -0.05) is 11.8 Å². The summed E-state index contributed by atoms with van der Waals surface area (Å²) in [5.41, 5.74) is 0.900. The number of thioether (sulfide) groups is 1. The third-order valence-corrected chi connectivity index (χ3v) is 4.48. The summed E-state index contributed by atoms with van der Waals surface area (Å²) >= 11 is 1.61. The summed E-state index contributed by atoms with van der Waals surface area (Å²) in [5, 5.41) is 13.7. The highest BCUT2D eigenvalue weighted by atomic mass is 32.2. The number of aryl methyl sites for hydroxylation is 1. The lowest BCUT2D eigenvalue weighted by Gasteiger charge is -2.31. The maximum absolute atomic E-state index is 9.59. The normalized spacial score (nSPS) is 19.0. The number of aliphatic hydroxyl groups excluding tert-OH is 1. The van der Waals surface area contributed by atoms with Gasteiger partial charge in [0, 0.05) is 18.1 Å². The van der Waals surface area contributed by atoms with Gasteiger partial charge >= 0.3 is 0 Å². The van der Waals surface area contributed by atoms with Crippen molar-refractivity contribution >= 4 is 11.8 Å². The molecule has 1 aliphatic carbocycles. The van der Waals surface area contributed by atoms with E-state index in [9.17, 15) is 5.11 Å². The molecular formula is C12H19N3OS. The number of nitrogens with one attached hydrogen (secondary N) is 1. The Hall–Kier alpha value is -0.650. The summed E-state index contributed by atoms with van der Waals surface area (Å²) in [4.78, 5) is 8.54. The van der Waals surface area contributed by atoms with Gasteiger partial charge in [-0.05, 0) is 38.3 Å². The van der Waals surface area contributed by atoms with Gasteiger partial charge in [-0.15, -0.1) is 0 Å². The van der Waals surface area contributed by atoms with Crippen molar-refractivity contribution < 1.29 is 5.11 Å². The Morgan fingerprint density at radius 2 is 2.12 bits per heavy atom. The molecule has 1 aromatic rings. The first-order valence-corrected chi connectivity index (χ1v) is 6.90. The van der Waals surface area contributed by atoms with E-state index in [1.165, 1.54) is 12.8 Å². The van der Waals surface area contributed by atoms with Crippen molar-refractivity contribution in [2.75, 3.05) is 19.4 Å². The molecule has 0 radical (unpaired) electrons. The quantitative estimate of drug-likeness (QED) is 0.590. The average molecular weight is 253 g/mol. The molecule has 2 N–H and O–H groups in total. The van der Waals surface area contributed by atoms with Gasteiger partial charge in [0.05, 0.1) is 12.1 Å². The number of nitrogens with zero attached hydrogens (tertiary/aromatic N) is 2. The van der Waals surface area contributed by atoms with Crippen LogP contribution < -0.4 is 5.32 Å². The first-order valence-electron chi connectivity index (χ1n) is 5.91. The zero-order valence-electron chi connectivity index (χ0n) is 10.3. The fourth-order valence-corrected chi connectivity index (χ4v) is 3.04. The van der Waals surface area contributed by atoms with Crippen LogP contribution in [0.4, 0.5) is 0 Å². The summed E-state index contributed by atoms with van der Waals surface area (Å²) in [7, 11) is 1.92. The number of hydrogen-bond acceptors (Lipinski definition) is 5. The highest BCUT2D eigenvalue weighted by molar-refractivity contribution is 7.99. The van der Waals surface area contributed by atoms with Crippen LogP contribution in [0.3, 0.4) is 0 Å². The number of likely N-dealkylation sites (N-methyl/N-ethyl adjacent to an activating group) is 1. The minimum absolute atomic E-state index is 0.168. The van der Waals surface area contributed by atoms with Crippen LogP contribution in [-0.2, 0) is 0 Å². The summed E-state index contributed by atoms with van der Waals surface area (Å²) in [6, 6.07) is 0. The Balaban J connectivity index is 1.97. The van der Waals surface area contributed by atoms with E-state index in [-0.39, 0.29) is 12.1 Å². The van der Waals surface area contributed by atoms with Crippen molar-refractivity contribution in [3.8, 4) is 0 Å². The first-order chi connectivity index (χ1) is 8.20. The van der Waals surface area contributed by atoms with E-state index in [2.05, 4.69) is 15.3 Å². The third kappa shape index (κ3) is 2.97. The van der Waals surface area contributed by atoms with Crippen LogP contribution in [0.2, 0.25) is 0 Å². The van der Waals surface area contributed by atoms with Crippen molar-refractivity contribution in [2.45, 2.75) is 30.5 Å². The smallest absolute Gasteiger partial charge is 0.187 e. The van der Waals surface area contributed by atoms with Crippen LogP contribution in [0.15, 0.2) is 17.6 Å². The Kier molecular flexibility index (Phi) is 4.01. The van der Waals surface area contributed by atoms with E-state index >= 15 is 0 Å². The molecule has 0 aromatic carbocycles. The second kappa shape index (κ2) is 5.33. The van der Waals surface area contributed by atoms with E-state index in [1.54, 1.807) is 11.8 Å². The fourth-order valence-electron chi connectivity index (χ4n) is 1.93. The van der Waals surface area contributed by atoms with Gasteiger partial charge in [-0.3, -0.25) is 0 Å². The van der Waals surface area contributed by atoms with Gasteiger partial charge in [0.25, 0.3) is 0 Å². The standard InChI is InChI=1S/C12H19N3OS/c1-9-5-14-11(15-6-9)17-8-12(7-16,13-2)10-3-4-10/h5-6,10,13,16H,3-4,7-8H2,1-2H3. The van der Waals surface area contributed by atoms with E-state index in [4.69, 9.17) is 0 Å². The van der Waals surface area contributed by atoms with Crippen LogP contribution in [-0.4, -0.2) is 40.0 Å². The molecular weight excluding hydrogens is 234 g/mol. The molecule has 0 spiro atoms. The van der Waals surface area contributed by atoms with Crippen LogP contribution in [0.1, 0.15) is 18.4 Å². The number of aliphatic hydroxyl groups is 1. The Bertz CT molecular complexity index is 361. The van der Waals surface area contributed by atoms with Crippen molar-refractivity contribution in [1.82, 2.24) is 15.3 Å². The van der Waals surface area contributed by atoms with Gasteiger partial charge in [-0.25, -0.2) is 9.97 Å². The molecule has 17 heavy (non-hydrogen) atoms. The Morgan fingerprint density at radius 1 is 1.47 bits per heavy atom. The second-order valence-electron chi connectivity index (χ2n) is 4.67. The van der Waals surface area contributed by atoms with Gasteiger partial charge in [0.1, 0.15) is 0 Å². The number of aromatic nitrogens is 2. The van der Waals surface area contributed by atoms with Gasteiger partial charge in [0.15, 0.2) is 5.16 Å².